The van der Waals surface area contributed by atoms with Gasteiger partial charge in [-0.15, -0.1) is 0 Å². The normalized spacial score (nSPS) is 19.3. The first-order valence-electron chi connectivity index (χ1n) is 17.8. The Kier molecular flexibility index (Phi) is 16.0. The maximum Gasteiger partial charge on any atom is 0.302 e. The SMILES string of the molecule is CN[C@H](C(=O)NC(C(=O)N(C)C(CN1CCCC[C@H]1C(=O)N1CCCCC1)C(C)C)C(C)(C)C)C(C)(C)c1ccccc1.COC(C)=O. The lowest BCUT2D eigenvalue weighted by Gasteiger charge is -2.44. The summed E-state index contributed by atoms with van der Waals surface area (Å²) in [4.78, 5) is 57.6. The van der Waals surface area contributed by atoms with Crippen LogP contribution in [-0.4, -0.2) is 110 Å². The number of amides is 3. The van der Waals surface area contributed by atoms with E-state index in [1.165, 1.54) is 20.5 Å². The number of hydrogen-bond donors (Lipinski definition) is 2. The third kappa shape index (κ3) is 11.3. The zero-order chi connectivity index (χ0) is 36.2. The standard InChI is InChI=1S/C35H59N5O3.C3H6O2/c1-25(2)28(24-40-23-17-14-20-27(40)32(42)39-21-15-11-16-22-39)38(9)33(43)30(34(3,4)5)37-31(41)29(36-8)35(6,7)26-18-12-10-13-19-26;1-3(4)5-2/h10,12-13,18-19,25,27-30,36H,11,14-17,20-24H2,1-9H3,(H,37,41);1-2H3/t27-,28?,29+,30?;/m0./s1. The van der Waals surface area contributed by atoms with E-state index in [0.717, 1.165) is 57.3 Å². The van der Waals surface area contributed by atoms with Gasteiger partial charge in [-0.3, -0.25) is 24.1 Å². The van der Waals surface area contributed by atoms with Crippen LogP contribution in [0.3, 0.4) is 0 Å². The molecule has 2 N–H and O–H groups in total. The lowest BCUT2D eigenvalue weighted by molar-refractivity contribution is -0.143. The molecule has 272 valence electrons. The molecule has 2 unspecified atom stereocenters. The van der Waals surface area contributed by atoms with Crippen LogP contribution in [0.4, 0.5) is 0 Å². The molecule has 10 heteroatoms. The molecule has 10 nitrogen and oxygen atoms in total. The van der Waals surface area contributed by atoms with Crippen LogP contribution in [0.1, 0.15) is 99.5 Å². The number of nitrogens with zero attached hydrogens (tertiary/aromatic N) is 3. The molecule has 2 aliphatic heterocycles. The van der Waals surface area contributed by atoms with Gasteiger partial charge in [-0.25, -0.2) is 0 Å². The summed E-state index contributed by atoms with van der Waals surface area (Å²) < 4.78 is 4.11. The molecule has 0 aliphatic carbocycles. The second-order valence-electron chi connectivity index (χ2n) is 15.5. The Balaban J connectivity index is 0.00000149. The van der Waals surface area contributed by atoms with E-state index in [1.54, 1.807) is 7.05 Å². The monoisotopic (exact) mass is 671 g/mol. The molecular weight excluding hydrogens is 606 g/mol. The van der Waals surface area contributed by atoms with Crippen molar-refractivity contribution in [2.45, 2.75) is 123 Å². The molecule has 4 atom stereocenters. The van der Waals surface area contributed by atoms with Crippen LogP contribution in [0.2, 0.25) is 0 Å². The van der Waals surface area contributed by atoms with Crippen molar-refractivity contribution in [3.05, 3.63) is 35.9 Å². The van der Waals surface area contributed by atoms with Gasteiger partial charge < -0.3 is 25.2 Å². The van der Waals surface area contributed by atoms with E-state index in [1.807, 2.05) is 63.1 Å². The van der Waals surface area contributed by atoms with Gasteiger partial charge in [0, 0.05) is 45.1 Å². The Morgan fingerprint density at radius 1 is 0.917 bits per heavy atom. The molecule has 0 saturated carbocycles. The van der Waals surface area contributed by atoms with Gasteiger partial charge in [0.25, 0.3) is 0 Å². The number of carbonyl (C=O) groups excluding carboxylic acids is 4. The Bertz CT molecular complexity index is 1180. The first kappa shape index (κ1) is 41.2. The van der Waals surface area contributed by atoms with Crippen LogP contribution in [0, 0.1) is 11.3 Å². The number of carbonyl (C=O) groups is 4. The van der Waals surface area contributed by atoms with E-state index >= 15 is 0 Å². The van der Waals surface area contributed by atoms with E-state index < -0.39 is 22.9 Å². The quantitative estimate of drug-likeness (QED) is 0.331. The van der Waals surface area contributed by atoms with Crippen LogP contribution in [-0.2, 0) is 29.3 Å². The summed E-state index contributed by atoms with van der Waals surface area (Å²) in [5.41, 5.74) is 0.0489. The van der Waals surface area contributed by atoms with E-state index in [9.17, 15) is 19.2 Å². The summed E-state index contributed by atoms with van der Waals surface area (Å²) >= 11 is 0. The third-order valence-corrected chi connectivity index (χ3v) is 10.1. The van der Waals surface area contributed by atoms with Crippen LogP contribution in [0.15, 0.2) is 30.3 Å². The molecule has 2 saturated heterocycles. The van der Waals surface area contributed by atoms with E-state index in [4.69, 9.17) is 0 Å². The number of ether oxygens (including phenoxy) is 1. The number of hydrogen-bond acceptors (Lipinski definition) is 7. The molecule has 0 radical (unpaired) electrons. The Labute approximate surface area is 290 Å². The number of piperidine rings is 2. The maximum absolute atomic E-state index is 14.3. The predicted molar refractivity (Wildman–Crippen MR) is 192 cm³/mol. The second-order valence-corrected chi connectivity index (χ2v) is 15.5. The van der Waals surface area contributed by atoms with Gasteiger partial charge in [0.1, 0.15) is 6.04 Å². The molecule has 0 spiro atoms. The van der Waals surface area contributed by atoms with Crippen molar-refractivity contribution < 1.29 is 23.9 Å². The number of likely N-dealkylation sites (N-methyl/N-ethyl adjacent to an activating group) is 2. The molecule has 3 rings (SSSR count). The highest BCUT2D eigenvalue weighted by atomic mass is 16.5. The molecule has 2 fully saturated rings. The Morgan fingerprint density at radius 3 is 1.98 bits per heavy atom. The van der Waals surface area contributed by atoms with Gasteiger partial charge in [-0.2, -0.15) is 0 Å². The van der Waals surface area contributed by atoms with Crippen molar-refractivity contribution in [3.63, 3.8) is 0 Å². The lowest BCUT2D eigenvalue weighted by Crippen LogP contribution is -2.63. The fourth-order valence-corrected chi connectivity index (χ4v) is 6.93. The predicted octanol–water partition coefficient (Wildman–Crippen LogP) is 4.61. The Morgan fingerprint density at radius 2 is 1.48 bits per heavy atom. The number of methoxy groups -OCH3 is 1. The van der Waals surface area contributed by atoms with Gasteiger partial charge in [-0.05, 0) is 62.6 Å². The minimum absolute atomic E-state index is 0.0927. The maximum atomic E-state index is 14.3. The molecular formula is C38H65N5O5. The van der Waals surface area contributed by atoms with Gasteiger partial charge in [-0.1, -0.05) is 85.2 Å². The summed E-state index contributed by atoms with van der Waals surface area (Å²) in [5, 5.41) is 6.39. The first-order chi connectivity index (χ1) is 22.5. The molecule has 48 heavy (non-hydrogen) atoms. The van der Waals surface area contributed by atoms with Gasteiger partial charge in [0.2, 0.25) is 17.7 Å². The van der Waals surface area contributed by atoms with Crippen molar-refractivity contribution in [2.75, 3.05) is 47.4 Å². The van der Waals surface area contributed by atoms with Crippen LogP contribution in [0.5, 0.6) is 0 Å². The van der Waals surface area contributed by atoms with E-state index in [2.05, 4.69) is 52.9 Å². The molecule has 2 heterocycles. The van der Waals surface area contributed by atoms with Crippen LogP contribution < -0.4 is 10.6 Å². The molecule has 0 aromatic heterocycles. The minimum Gasteiger partial charge on any atom is -0.469 e. The average Bonchev–Trinajstić information content (AvgIpc) is 3.06. The largest absolute Gasteiger partial charge is 0.469 e. The Hall–Kier alpha value is -2.98. The molecule has 1 aromatic rings. The minimum atomic E-state index is -0.708. The van der Waals surface area contributed by atoms with Crippen molar-refractivity contribution in [3.8, 4) is 0 Å². The van der Waals surface area contributed by atoms with Crippen LogP contribution >= 0.6 is 0 Å². The highest BCUT2D eigenvalue weighted by molar-refractivity contribution is 5.91. The topological polar surface area (TPSA) is 111 Å². The fraction of sp³-hybridized carbons (Fsp3) is 0.737. The van der Waals surface area contributed by atoms with E-state index in [-0.39, 0.29) is 41.7 Å². The molecule has 3 amide bonds. The summed E-state index contributed by atoms with van der Waals surface area (Å²) in [7, 11) is 5.01. The molecule has 2 aliphatic rings. The van der Waals surface area contributed by atoms with Crippen molar-refractivity contribution >= 4 is 23.7 Å². The molecule has 0 bridgehead atoms. The lowest BCUT2D eigenvalue weighted by atomic mass is 9.76. The summed E-state index contributed by atoms with van der Waals surface area (Å²) in [6.45, 7) is 19.0. The summed E-state index contributed by atoms with van der Waals surface area (Å²) in [5.74, 6) is -0.0926. The van der Waals surface area contributed by atoms with Crippen molar-refractivity contribution in [1.29, 1.82) is 0 Å². The number of nitrogens with one attached hydrogen (secondary N) is 2. The van der Waals surface area contributed by atoms with Crippen molar-refractivity contribution in [1.82, 2.24) is 25.3 Å². The zero-order valence-corrected chi connectivity index (χ0v) is 31.7. The number of benzene rings is 1. The van der Waals surface area contributed by atoms with Crippen molar-refractivity contribution in [2.24, 2.45) is 11.3 Å². The number of esters is 1. The fourth-order valence-electron chi connectivity index (χ4n) is 6.93. The van der Waals surface area contributed by atoms with Gasteiger partial charge in [0.15, 0.2) is 0 Å². The highest BCUT2D eigenvalue weighted by Gasteiger charge is 2.43. The number of rotatable bonds is 11. The molecule has 1 aromatic carbocycles. The van der Waals surface area contributed by atoms with Crippen LogP contribution in [0.25, 0.3) is 0 Å². The summed E-state index contributed by atoms with van der Waals surface area (Å²) in [6, 6.07) is 8.56. The zero-order valence-electron chi connectivity index (χ0n) is 31.7. The van der Waals surface area contributed by atoms with E-state index in [0.29, 0.717) is 6.54 Å². The average molecular weight is 672 g/mol. The summed E-state index contributed by atoms with van der Waals surface area (Å²) in [6.07, 6.45) is 6.37. The number of likely N-dealkylation sites (tertiary alicyclic amines) is 2. The van der Waals surface area contributed by atoms with Gasteiger partial charge in [0.05, 0.1) is 19.2 Å². The first-order valence-corrected chi connectivity index (χ1v) is 17.8. The highest BCUT2D eigenvalue weighted by Crippen LogP contribution is 2.29. The smallest absolute Gasteiger partial charge is 0.302 e. The third-order valence-electron chi connectivity index (χ3n) is 10.1. The second kappa shape index (κ2) is 18.7. The van der Waals surface area contributed by atoms with Gasteiger partial charge >= 0.3 is 5.97 Å².